The van der Waals surface area contributed by atoms with Crippen molar-refractivity contribution in [1.82, 2.24) is 19.2 Å². The summed E-state index contributed by atoms with van der Waals surface area (Å²) in [6.45, 7) is 5.84. The van der Waals surface area contributed by atoms with Crippen molar-refractivity contribution >= 4 is 16.7 Å². The molecule has 1 unspecified atom stereocenters. The summed E-state index contributed by atoms with van der Waals surface area (Å²) in [7, 11) is 1.89. The number of fused-ring (bicyclic) bond motifs is 3. The van der Waals surface area contributed by atoms with Gasteiger partial charge in [-0.15, -0.1) is 0 Å². The summed E-state index contributed by atoms with van der Waals surface area (Å²) in [5.74, 6) is 0.994. The minimum Gasteiger partial charge on any atom is -0.363 e. The van der Waals surface area contributed by atoms with Gasteiger partial charge in [-0.05, 0) is 0 Å². The average Bonchev–Trinajstić information content (AvgIpc) is 2.79. The van der Waals surface area contributed by atoms with E-state index in [1.807, 2.05) is 7.05 Å². The molecular weight excluding hydrogens is 210 g/mol. The molecule has 0 saturated carbocycles. The third-order valence-electron chi connectivity index (χ3n) is 3.23. The van der Waals surface area contributed by atoms with Gasteiger partial charge in [0.25, 0.3) is 0 Å². The van der Waals surface area contributed by atoms with Gasteiger partial charge in [-0.1, -0.05) is 0 Å². The number of nitrogens with one attached hydrogen (secondary N) is 1. The standard InChI is InChI=1S/C9H15N5S/c1-10-9-11-8(12-15-9)7-6-13-2-4-14(7)5-3-13/h7H,2-6H2,1H3,(H,10,11,12). The van der Waals surface area contributed by atoms with Crippen molar-refractivity contribution in [3.63, 3.8) is 0 Å². The zero-order chi connectivity index (χ0) is 10.3. The summed E-state index contributed by atoms with van der Waals surface area (Å²) < 4.78 is 4.43. The molecule has 0 amide bonds. The molecule has 0 radical (unpaired) electrons. The van der Waals surface area contributed by atoms with E-state index in [0.717, 1.165) is 17.5 Å². The lowest BCUT2D eigenvalue weighted by Gasteiger charge is -2.46. The largest absolute Gasteiger partial charge is 0.363 e. The van der Waals surface area contributed by atoms with E-state index in [0.29, 0.717) is 6.04 Å². The monoisotopic (exact) mass is 225 g/mol. The molecule has 0 aromatic carbocycles. The lowest BCUT2D eigenvalue weighted by molar-refractivity contribution is 0.00918. The van der Waals surface area contributed by atoms with Crippen LogP contribution >= 0.6 is 11.5 Å². The number of hydrogen-bond acceptors (Lipinski definition) is 6. The van der Waals surface area contributed by atoms with Crippen LogP contribution in [0.15, 0.2) is 0 Å². The number of hydrogen-bond donors (Lipinski definition) is 1. The molecule has 15 heavy (non-hydrogen) atoms. The topological polar surface area (TPSA) is 44.3 Å². The first-order chi connectivity index (χ1) is 7.36. The lowest BCUT2D eigenvalue weighted by atomic mass is 10.1. The maximum Gasteiger partial charge on any atom is 0.202 e. The fraction of sp³-hybridized carbons (Fsp3) is 0.778. The molecule has 4 rings (SSSR count). The molecule has 6 heteroatoms. The quantitative estimate of drug-likeness (QED) is 0.782. The van der Waals surface area contributed by atoms with Crippen LogP contribution in [0.1, 0.15) is 11.9 Å². The Labute approximate surface area is 93.3 Å². The number of piperazine rings is 3. The van der Waals surface area contributed by atoms with E-state index in [-0.39, 0.29) is 0 Å². The Morgan fingerprint density at radius 3 is 2.67 bits per heavy atom. The van der Waals surface area contributed by atoms with Crippen molar-refractivity contribution in [2.24, 2.45) is 0 Å². The van der Waals surface area contributed by atoms with E-state index >= 15 is 0 Å². The van der Waals surface area contributed by atoms with Crippen LogP contribution in [0.4, 0.5) is 5.13 Å². The van der Waals surface area contributed by atoms with E-state index in [2.05, 4.69) is 24.5 Å². The first kappa shape index (κ1) is 9.50. The zero-order valence-corrected chi connectivity index (χ0v) is 9.63. The fourth-order valence-electron chi connectivity index (χ4n) is 2.33. The van der Waals surface area contributed by atoms with E-state index < -0.39 is 0 Å². The van der Waals surface area contributed by atoms with Crippen molar-refractivity contribution < 1.29 is 0 Å². The molecule has 82 valence electrons. The van der Waals surface area contributed by atoms with Crippen LogP contribution in [-0.2, 0) is 0 Å². The van der Waals surface area contributed by atoms with Gasteiger partial charge in [0.05, 0.1) is 6.04 Å². The minimum atomic E-state index is 0.422. The zero-order valence-electron chi connectivity index (χ0n) is 8.81. The molecule has 2 bridgehead atoms. The third kappa shape index (κ3) is 1.62. The van der Waals surface area contributed by atoms with Gasteiger partial charge in [0.1, 0.15) is 0 Å². The molecule has 4 heterocycles. The van der Waals surface area contributed by atoms with Crippen molar-refractivity contribution in [1.29, 1.82) is 0 Å². The minimum absolute atomic E-state index is 0.422. The first-order valence-electron chi connectivity index (χ1n) is 5.34. The van der Waals surface area contributed by atoms with Crippen LogP contribution in [0.25, 0.3) is 0 Å². The highest BCUT2D eigenvalue weighted by Crippen LogP contribution is 2.28. The fourth-order valence-corrected chi connectivity index (χ4v) is 2.90. The molecule has 1 aromatic rings. The van der Waals surface area contributed by atoms with Gasteiger partial charge in [0.15, 0.2) is 5.82 Å². The molecule has 1 N–H and O–H groups in total. The second-order valence-electron chi connectivity index (χ2n) is 4.06. The number of aromatic nitrogens is 2. The Morgan fingerprint density at radius 1 is 1.33 bits per heavy atom. The van der Waals surface area contributed by atoms with E-state index in [1.165, 1.54) is 37.7 Å². The Morgan fingerprint density at radius 2 is 2.13 bits per heavy atom. The van der Waals surface area contributed by atoms with Crippen LogP contribution in [-0.4, -0.2) is 58.9 Å². The van der Waals surface area contributed by atoms with E-state index in [1.54, 1.807) is 0 Å². The SMILES string of the molecule is CNc1nc(C2CN3CCN2CC3)ns1. The van der Waals surface area contributed by atoms with Crippen LogP contribution in [0, 0.1) is 0 Å². The number of anilines is 1. The van der Waals surface area contributed by atoms with Crippen LogP contribution in [0.2, 0.25) is 0 Å². The smallest absolute Gasteiger partial charge is 0.202 e. The molecule has 0 aliphatic carbocycles. The first-order valence-corrected chi connectivity index (χ1v) is 6.12. The van der Waals surface area contributed by atoms with E-state index in [4.69, 9.17) is 0 Å². The molecule has 3 aliphatic rings. The molecule has 3 fully saturated rings. The molecule has 3 saturated heterocycles. The van der Waals surface area contributed by atoms with Crippen LogP contribution in [0.3, 0.4) is 0 Å². The van der Waals surface area contributed by atoms with Crippen LogP contribution in [0.5, 0.6) is 0 Å². The predicted molar refractivity (Wildman–Crippen MR) is 60.2 cm³/mol. The van der Waals surface area contributed by atoms with Gasteiger partial charge < -0.3 is 5.32 Å². The van der Waals surface area contributed by atoms with Gasteiger partial charge in [-0.2, -0.15) is 4.37 Å². The maximum atomic E-state index is 4.50. The van der Waals surface area contributed by atoms with Crippen molar-refractivity contribution in [2.75, 3.05) is 45.1 Å². The van der Waals surface area contributed by atoms with Gasteiger partial charge in [0.2, 0.25) is 5.13 Å². The van der Waals surface area contributed by atoms with Gasteiger partial charge in [-0.3, -0.25) is 9.80 Å². The number of nitrogens with zero attached hydrogens (tertiary/aromatic N) is 4. The Bertz CT molecular complexity index is 344. The number of rotatable bonds is 2. The second kappa shape index (κ2) is 3.70. The summed E-state index contributed by atoms with van der Waals surface area (Å²) in [6, 6.07) is 0.422. The van der Waals surface area contributed by atoms with Gasteiger partial charge >= 0.3 is 0 Å². The van der Waals surface area contributed by atoms with Crippen molar-refractivity contribution in [3.05, 3.63) is 5.82 Å². The molecule has 1 aromatic heterocycles. The van der Waals surface area contributed by atoms with Crippen LogP contribution < -0.4 is 5.32 Å². The normalized spacial score (nSPS) is 34.3. The Kier molecular flexibility index (Phi) is 2.34. The third-order valence-corrected chi connectivity index (χ3v) is 3.98. The average molecular weight is 225 g/mol. The predicted octanol–water partition coefficient (Wildman–Crippen LogP) is 0.252. The molecule has 1 atom stereocenters. The molecular formula is C9H15N5S. The Balaban J connectivity index is 1.81. The second-order valence-corrected chi connectivity index (χ2v) is 4.81. The summed E-state index contributed by atoms with van der Waals surface area (Å²) in [5, 5.41) is 3.96. The van der Waals surface area contributed by atoms with Crippen molar-refractivity contribution in [3.8, 4) is 0 Å². The van der Waals surface area contributed by atoms with Gasteiger partial charge in [0, 0.05) is 51.3 Å². The summed E-state index contributed by atoms with van der Waals surface area (Å²) in [6.07, 6.45) is 0. The molecule has 3 aliphatic heterocycles. The summed E-state index contributed by atoms with van der Waals surface area (Å²) in [5.41, 5.74) is 0. The van der Waals surface area contributed by atoms with Gasteiger partial charge in [-0.25, -0.2) is 4.98 Å². The highest BCUT2D eigenvalue weighted by molar-refractivity contribution is 7.09. The van der Waals surface area contributed by atoms with Crippen molar-refractivity contribution in [2.45, 2.75) is 6.04 Å². The van der Waals surface area contributed by atoms with E-state index in [9.17, 15) is 0 Å². The Hall–Kier alpha value is -0.720. The molecule has 5 nitrogen and oxygen atoms in total. The molecule has 0 spiro atoms. The lowest BCUT2D eigenvalue weighted by Crippen LogP contribution is -2.57. The highest BCUT2D eigenvalue weighted by atomic mass is 32.1. The highest BCUT2D eigenvalue weighted by Gasteiger charge is 2.34. The maximum absolute atomic E-state index is 4.50. The summed E-state index contributed by atoms with van der Waals surface area (Å²) in [4.78, 5) is 9.51. The summed E-state index contributed by atoms with van der Waals surface area (Å²) >= 11 is 1.45.